The molecule has 1 heterocycles. The first-order chi connectivity index (χ1) is 11.8. The summed E-state index contributed by atoms with van der Waals surface area (Å²) in [6.07, 6.45) is 3.87. The topological polar surface area (TPSA) is 21.7 Å². The van der Waals surface area contributed by atoms with Gasteiger partial charge >= 0.3 is 0 Å². The molecular formula is C21H25NO2. The molecule has 2 aromatic carbocycles. The molecule has 0 radical (unpaired) electrons. The van der Waals surface area contributed by atoms with E-state index in [1.54, 1.807) is 14.2 Å². The van der Waals surface area contributed by atoms with Crippen LogP contribution in [0.1, 0.15) is 30.7 Å². The maximum atomic E-state index is 5.28. The number of benzene rings is 2. The van der Waals surface area contributed by atoms with Gasteiger partial charge in [-0.2, -0.15) is 0 Å². The first-order valence-electron chi connectivity index (χ1n) is 8.83. The molecule has 1 saturated heterocycles. The standard InChI is InChI=1S/C21H25NO2/c1-23-19-7-3-15(4-8-19)17-13-16-11-12-22(21(16)14-17)18-5-9-20(24-2)10-6-18/h3-10,16-17,21H,11-14H2,1-2H3/t16-,17+,21+/m0/s1. The van der Waals surface area contributed by atoms with Crippen LogP contribution in [0.15, 0.2) is 48.5 Å². The van der Waals surface area contributed by atoms with E-state index in [0.717, 1.165) is 17.4 Å². The molecule has 0 amide bonds. The van der Waals surface area contributed by atoms with Crippen molar-refractivity contribution < 1.29 is 9.47 Å². The van der Waals surface area contributed by atoms with E-state index in [9.17, 15) is 0 Å². The summed E-state index contributed by atoms with van der Waals surface area (Å²) in [5, 5.41) is 0. The van der Waals surface area contributed by atoms with Crippen molar-refractivity contribution in [3.8, 4) is 11.5 Å². The van der Waals surface area contributed by atoms with Gasteiger partial charge in [-0.05, 0) is 73.1 Å². The highest BCUT2D eigenvalue weighted by Gasteiger charge is 2.42. The fourth-order valence-corrected chi connectivity index (χ4v) is 4.51. The third-order valence-corrected chi connectivity index (χ3v) is 5.79. The van der Waals surface area contributed by atoms with Crippen molar-refractivity contribution in [3.63, 3.8) is 0 Å². The van der Waals surface area contributed by atoms with E-state index in [0.29, 0.717) is 12.0 Å². The molecule has 2 aliphatic rings. The third-order valence-electron chi connectivity index (χ3n) is 5.79. The van der Waals surface area contributed by atoms with Gasteiger partial charge in [0.2, 0.25) is 0 Å². The highest BCUT2D eigenvalue weighted by Crippen LogP contribution is 2.47. The van der Waals surface area contributed by atoms with E-state index < -0.39 is 0 Å². The number of hydrogen-bond donors (Lipinski definition) is 0. The number of rotatable bonds is 4. The largest absolute Gasteiger partial charge is 0.497 e. The molecule has 1 aliphatic heterocycles. The maximum absolute atomic E-state index is 5.28. The molecule has 24 heavy (non-hydrogen) atoms. The molecule has 2 fully saturated rings. The lowest BCUT2D eigenvalue weighted by atomic mass is 9.95. The van der Waals surface area contributed by atoms with Gasteiger partial charge in [0.15, 0.2) is 0 Å². The minimum Gasteiger partial charge on any atom is -0.497 e. The summed E-state index contributed by atoms with van der Waals surface area (Å²) in [6, 6.07) is 17.9. The molecule has 0 spiro atoms. The van der Waals surface area contributed by atoms with Gasteiger partial charge < -0.3 is 14.4 Å². The predicted molar refractivity (Wildman–Crippen MR) is 97.2 cm³/mol. The first-order valence-corrected chi connectivity index (χ1v) is 8.83. The van der Waals surface area contributed by atoms with Gasteiger partial charge in [-0.25, -0.2) is 0 Å². The van der Waals surface area contributed by atoms with E-state index in [2.05, 4.69) is 53.4 Å². The number of ether oxygens (including phenoxy) is 2. The molecule has 0 N–H and O–H groups in total. The Morgan fingerprint density at radius 3 is 2.08 bits per heavy atom. The fraction of sp³-hybridized carbons (Fsp3) is 0.429. The van der Waals surface area contributed by atoms with Crippen LogP contribution in [0.3, 0.4) is 0 Å². The van der Waals surface area contributed by atoms with Crippen molar-refractivity contribution >= 4 is 5.69 Å². The monoisotopic (exact) mass is 323 g/mol. The number of methoxy groups -OCH3 is 2. The second-order valence-corrected chi connectivity index (χ2v) is 6.95. The Kier molecular flexibility index (Phi) is 4.09. The highest BCUT2D eigenvalue weighted by molar-refractivity contribution is 5.51. The highest BCUT2D eigenvalue weighted by atomic mass is 16.5. The maximum Gasteiger partial charge on any atom is 0.119 e. The SMILES string of the molecule is COc1ccc([C@@H]2C[C@@H]3CCN(c4ccc(OC)cc4)[C@@H]3C2)cc1. The smallest absolute Gasteiger partial charge is 0.119 e. The lowest BCUT2D eigenvalue weighted by Crippen LogP contribution is -2.29. The van der Waals surface area contributed by atoms with Gasteiger partial charge in [-0.1, -0.05) is 12.1 Å². The Bertz CT molecular complexity index is 680. The van der Waals surface area contributed by atoms with Crippen LogP contribution >= 0.6 is 0 Å². The summed E-state index contributed by atoms with van der Waals surface area (Å²) in [5.41, 5.74) is 2.79. The van der Waals surface area contributed by atoms with E-state index in [1.165, 1.54) is 37.1 Å². The van der Waals surface area contributed by atoms with Crippen molar-refractivity contribution in [1.82, 2.24) is 0 Å². The van der Waals surface area contributed by atoms with Gasteiger partial charge in [-0.15, -0.1) is 0 Å². The lowest BCUT2D eigenvalue weighted by Gasteiger charge is -2.27. The van der Waals surface area contributed by atoms with Crippen molar-refractivity contribution in [2.24, 2.45) is 5.92 Å². The molecular weight excluding hydrogens is 298 g/mol. The second kappa shape index (κ2) is 6.39. The zero-order chi connectivity index (χ0) is 16.5. The quantitative estimate of drug-likeness (QED) is 0.828. The van der Waals surface area contributed by atoms with Crippen LogP contribution in [0, 0.1) is 5.92 Å². The number of hydrogen-bond acceptors (Lipinski definition) is 3. The van der Waals surface area contributed by atoms with E-state index in [1.807, 2.05) is 0 Å². The van der Waals surface area contributed by atoms with Gasteiger partial charge in [0, 0.05) is 18.3 Å². The van der Waals surface area contributed by atoms with Crippen molar-refractivity contribution in [1.29, 1.82) is 0 Å². The van der Waals surface area contributed by atoms with Crippen LogP contribution in [0.4, 0.5) is 5.69 Å². The van der Waals surface area contributed by atoms with E-state index in [4.69, 9.17) is 9.47 Å². The molecule has 4 rings (SSSR count). The molecule has 126 valence electrons. The summed E-state index contributed by atoms with van der Waals surface area (Å²) in [6.45, 7) is 1.18. The summed E-state index contributed by atoms with van der Waals surface area (Å²) >= 11 is 0. The molecule has 1 saturated carbocycles. The zero-order valence-electron chi connectivity index (χ0n) is 14.4. The summed E-state index contributed by atoms with van der Waals surface area (Å²) in [4.78, 5) is 2.60. The summed E-state index contributed by atoms with van der Waals surface area (Å²) in [5.74, 6) is 3.36. The molecule has 1 aliphatic carbocycles. The third kappa shape index (κ3) is 2.72. The predicted octanol–water partition coefficient (Wildman–Crippen LogP) is 4.48. The molecule has 2 aromatic rings. The average Bonchev–Trinajstić information content (AvgIpc) is 3.22. The van der Waals surface area contributed by atoms with E-state index in [-0.39, 0.29) is 0 Å². The van der Waals surface area contributed by atoms with Crippen LogP contribution in [-0.4, -0.2) is 26.8 Å². The van der Waals surface area contributed by atoms with Gasteiger partial charge in [0.25, 0.3) is 0 Å². The second-order valence-electron chi connectivity index (χ2n) is 6.95. The van der Waals surface area contributed by atoms with Crippen LogP contribution in [-0.2, 0) is 0 Å². The first kappa shape index (κ1) is 15.4. The summed E-state index contributed by atoms with van der Waals surface area (Å²) in [7, 11) is 3.44. The van der Waals surface area contributed by atoms with Crippen LogP contribution < -0.4 is 14.4 Å². The van der Waals surface area contributed by atoms with Gasteiger partial charge in [-0.3, -0.25) is 0 Å². The van der Waals surface area contributed by atoms with Crippen molar-refractivity contribution in [2.45, 2.75) is 31.2 Å². The number of fused-ring (bicyclic) bond motifs is 1. The Balaban J connectivity index is 1.49. The average molecular weight is 323 g/mol. The number of nitrogens with zero attached hydrogens (tertiary/aromatic N) is 1. The van der Waals surface area contributed by atoms with Crippen LogP contribution in [0.2, 0.25) is 0 Å². The lowest BCUT2D eigenvalue weighted by molar-refractivity contribution is 0.414. The molecule has 3 nitrogen and oxygen atoms in total. The van der Waals surface area contributed by atoms with Gasteiger partial charge in [0.1, 0.15) is 11.5 Å². The van der Waals surface area contributed by atoms with E-state index >= 15 is 0 Å². The normalized spacial score (nSPS) is 25.6. The molecule has 3 heteroatoms. The Morgan fingerprint density at radius 1 is 0.833 bits per heavy atom. The Labute approximate surface area is 144 Å². The van der Waals surface area contributed by atoms with Crippen LogP contribution in [0.5, 0.6) is 11.5 Å². The minimum atomic E-state index is 0.672. The van der Waals surface area contributed by atoms with Crippen molar-refractivity contribution in [3.05, 3.63) is 54.1 Å². The molecule has 0 bridgehead atoms. The minimum absolute atomic E-state index is 0.672. The Hall–Kier alpha value is -2.16. The molecule has 0 aromatic heterocycles. The summed E-state index contributed by atoms with van der Waals surface area (Å²) < 4.78 is 10.6. The fourth-order valence-electron chi connectivity index (χ4n) is 4.51. The number of anilines is 1. The Morgan fingerprint density at radius 2 is 1.46 bits per heavy atom. The molecule has 3 atom stereocenters. The van der Waals surface area contributed by atoms with Crippen molar-refractivity contribution in [2.75, 3.05) is 25.7 Å². The zero-order valence-corrected chi connectivity index (χ0v) is 14.4. The van der Waals surface area contributed by atoms with Crippen LogP contribution in [0.25, 0.3) is 0 Å². The van der Waals surface area contributed by atoms with Gasteiger partial charge in [0.05, 0.1) is 14.2 Å². The molecule has 0 unspecified atom stereocenters.